The van der Waals surface area contributed by atoms with Gasteiger partial charge in [0, 0.05) is 13.3 Å². The number of allylic oxidation sites excluding steroid dienone is 1. The number of carbonyl (C=O) groups is 1. The molecule has 4 aliphatic rings. The monoisotopic (exact) mass is 469 g/mol. The summed E-state index contributed by atoms with van der Waals surface area (Å²) in [5, 5.41) is 0. The SMILES string of the molecule is CC(=O)O[C@H]1CC[C@@]2(C)C(=CC[C@H]3[C@@H]4CC[C@H]([C@H](C)CCCC(C)(C)N=C=O)[C@@]4(C)CC[C@@H]32)C1. The highest BCUT2D eigenvalue weighted by Gasteiger charge is 2.59. The number of rotatable bonds is 7. The van der Waals surface area contributed by atoms with Crippen LogP contribution in [0.4, 0.5) is 0 Å². The van der Waals surface area contributed by atoms with E-state index in [1.54, 1.807) is 18.6 Å². The van der Waals surface area contributed by atoms with Crippen molar-refractivity contribution in [2.24, 2.45) is 45.4 Å². The maximum Gasteiger partial charge on any atom is 0.302 e. The third kappa shape index (κ3) is 4.69. The number of ether oxygens (including phenoxy) is 1. The molecule has 34 heavy (non-hydrogen) atoms. The number of aliphatic imine (C=N–C) groups is 1. The van der Waals surface area contributed by atoms with Crippen LogP contribution in [0.3, 0.4) is 0 Å². The second-order valence-electron chi connectivity index (χ2n) is 13.3. The minimum Gasteiger partial charge on any atom is -0.462 e. The first-order chi connectivity index (χ1) is 16.0. The van der Waals surface area contributed by atoms with E-state index >= 15 is 0 Å². The highest BCUT2D eigenvalue weighted by atomic mass is 16.5. The number of nitrogens with zero attached hydrogens (tertiary/aromatic N) is 1. The van der Waals surface area contributed by atoms with Gasteiger partial charge in [0.15, 0.2) is 0 Å². The van der Waals surface area contributed by atoms with Crippen molar-refractivity contribution in [2.45, 2.75) is 124 Å². The van der Waals surface area contributed by atoms with Gasteiger partial charge in [0.1, 0.15) is 6.10 Å². The van der Waals surface area contributed by atoms with Crippen LogP contribution in [-0.2, 0) is 14.3 Å². The standard InChI is InChI=1S/C30H47NO3/c1-20(8-7-15-28(3,4)31-19-32)25-11-12-26-24-10-9-22-18-23(34-21(2)33)13-16-29(22,5)27(24)14-17-30(25,26)6/h9,20,23-27H,7-8,10-18H2,1-6H3/t20-,23+,24+,25-,26+,27+,29+,30-/m1/s1. The fourth-order valence-corrected chi connectivity index (χ4v) is 9.18. The second kappa shape index (κ2) is 9.57. The second-order valence-corrected chi connectivity index (χ2v) is 13.3. The molecule has 4 aliphatic carbocycles. The van der Waals surface area contributed by atoms with Crippen LogP contribution in [0.25, 0.3) is 0 Å². The number of hydrogen-bond donors (Lipinski definition) is 0. The van der Waals surface area contributed by atoms with Crippen molar-refractivity contribution >= 4 is 12.0 Å². The van der Waals surface area contributed by atoms with Gasteiger partial charge < -0.3 is 4.74 Å². The molecule has 0 saturated heterocycles. The average molecular weight is 470 g/mol. The van der Waals surface area contributed by atoms with Crippen molar-refractivity contribution in [3.63, 3.8) is 0 Å². The van der Waals surface area contributed by atoms with Crippen LogP contribution >= 0.6 is 0 Å². The Bertz CT molecular complexity index is 855. The Kier molecular flexibility index (Phi) is 7.22. The van der Waals surface area contributed by atoms with E-state index in [0.29, 0.717) is 10.8 Å². The highest BCUT2D eigenvalue weighted by Crippen LogP contribution is 2.67. The minimum absolute atomic E-state index is 0.0844. The highest BCUT2D eigenvalue weighted by molar-refractivity contribution is 5.66. The number of esters is 1. The molecule has 4 heteroatoms. The summed E-state index contributed by atoms with van der Waals surface area (Å²) in [5.74, 6) is 3.86. The van der Waals surface area contributed by atoms with Crippen LogP contribution in [-0.4, -0.2) is 23.7 Å². The molecular formula is C30H47NO3. The number of fused-ring (bicyclic) bond motifs is 5. The molecule has 0 heterocycles. The molecule has 0 aromatic rings. The van der Waals surface area contributed by atoms with Gasteiger partial charge in [-0.1, -0.05) is 45.3 Å². The molecule has 3 saturated carbocycles. The van der Waals surface area contributed by atoms with Crippen molar-refractivity contribution in [2.75, 3.05) is 0 Å². The maximum atomic E-state index is 11.5. The molecule has 0 aromatic heterocycles. The fraction of sp³-hybridized carbons (Fsp3) is 0.867. The Morgan fingerprint density at radius 1 is 1.21 bits per heavy atom. The van der Waals surface area contributed by atoms with E-state index in [9.17, 15) is 9.59 Å². The molecule has 0 unspecified atom stereocenters. The van der Waals surface area contributed by atoms with E-state index in [2.05, 4.69) is 31.8 Å². The van der Waals surface area contributed by atoms with Gasteiger partial charge in [-0.2, -0.15) is 4.99 Å². The lowest BCUT2D eigenvalue weighted by atomic mass is 9.47. The number of isocyanates is 1. The Morgan fingerprint density at radius 2 is 1.97 bits per heavy atom. The molecular weight excluding hydrogens is 422 g/mol. The van der Waals surface area contributed by atoms with E-state index in [4.69, 9.17) is 4.74 Å². The molecule has 0 N–H and O–H groups in total. The Balaban J connectivity index is 1.43. The minimum atomic E-state index is -0.280. The van der Waals surface area contributed by atoms with Crippen LogP contribution in [0.1, 0.15) is 112 Å². The van der Waals surface area contributed by atoms with Crippen molar-refractivity contribution in [3.8, 4) is 0 Å². The summed E-state index contributed by atoms with van der Waals surface area (Å²) in [7, 11) is 0. The molecule has 3 fully saturated rings. The van der Waals surface area contributed by atoms with Gasteiger partial charge in [-0.3, -0.25) is 4.79 Å². The summed E-state index contributed by atoms with van der Waals surface area (Å²) >= 11 is 0. The molecule has 190 valence electrons. The van der Waals surface area contributed by atoms with E-state index < -0.39 is 0 Å². The summed E-state index contributed by atoms with van der Waals surface area (Å²) in [4.78, 5) is 26.2. The largest absolute Gasteiger partial charge is 0.462 e. The lowest BCUT2D eigenvalue weighted by molar-refractivity contribution is -0.148. The first kappa shape index (κ1) is 25.7. The molecule has 0 aromatic carbocycles. The fourth-order valence-electron chi connectivity index (χ4n) is 9.18. The summed E-state index contributed by atoms with van der Waals surface area (Å²) < 4.78 is 5.61. The van der Waals surface area contributed by atoms with Crippen LogP contribution < -0.4 is 0 Å². The topological polar surface area (TPSA) is 55.7 Å². The van der Waals surface area contributed by atoms with Gasteiger partial charge in [0.05, 0.1) is 5.54 Å². The quantitative estimate of drug-likeness (QED) is 0.169. The first-order valence-corrected chi connectivity index (χ1v) is 14.0. The molecule has 0 radical (unpaired) electrons. The van der Waals surface area contributed by atoms with Crippen molar-refractivity contribution in [1.82, 2.24) is 0 Å². The number of hydrogen-bond acceptors (Lipinski definition) is 4. The van der Waals surface area contributed by atoms with Gasteiger partial charge in [-0.15, -0.1) is 0 Å². The molecule has 0 aliphatic heterocycles. The van der Waals surface area contributed by atoms with E-state index in [1.807, 2.05) is 13.8 Å². The smallest absolute Gasteiger partial charge is 0.302 e. The van der Waals surface area contributed by atoms with Crippen LogP contribution in [0, 0.1) is 40.4 Å². The molecule has 4 rings (SSSR count). The Labute approximate surface area is 207 Å². The summed E-state index contributed by atoms with van der Waals surface area (Å²) in [6, 6.07) is 0. The van der Waals surface area contributed by atoms with Crippen molar-refractivity contribution in [1.29, 1.82) is 0 Å². The van der Waals surface area contributed by atoms with Gasteiger partial charge in [0.25, 0.3) is 0 Å². The third-order valence-electron chi connectivity index (χ3n) is 10.9. The lowest BCUT2D eigenvalue weighted by Crippen LogP contribution is -2.51. The molecule has 4 nitrogen and oxygen atoms in total. The van der Waals surface area contributed by atoms with Crippen LogP contribution in [0.2, 0.25) is 0 Å². The number of carbonyl (C=O) groups excluding carboxylic acids is 2. The lowest BCUT2D eigenvalue weighted by Gasteiger charge is -2.58. The summed E-state index contributed by atoms with van der Waals surface area (Å²) in [6.45, 7) is 13.3. The van der Waals surface area contributed by atoms with E-state index in [-0.39, 0.29) is 17.6 Å². The predicted octanol–water partition coefficient (Wildman–Crippen LogP) is 7.42. The maximum absolute atomic E-state index is 11.5. The van der Waals surface area contributed by atoms with E-state index in [0.717, 1.165) is 55.3 Å². The normalized spacial score (nSPS) is 40.2. The van der Waals surface area contributed by atoms with Gasteiger partial charge in [-0.05, 0) is 106 Å². The third-order valence-corrected chi connectivity index (χ3v) is 10.9. The summed E-state index contributed by atoms with van der Waals surface area (Å²) in [6.07, 6.45) is 17.6. The van der Waals surface area contributed by atoms with Crippen LogP contribution in [0.15, 0.2) is 16.6 Å². The molecule has 0 bridgehead atoms. The van der Waals surface area contributed by atoms with E-state index in [1.165, 1.54) is 44.9 Å². The molecule has 0 amide bonds. The molecule has 0 spiro atoms. The summed E-state index contributed by atoms with van der Waals surface area (Å²) in [5.41, 5.74) is 2.07. The van der Waals surface area contributed by atoms with Gasteiger partial charge >= 0.3 is 5.97 Å². The van der Waals surface area contributed by atoms with Crippen LogP contribution in [0.5, 0.6) is 0 Å². The first-order valence-electron chi connectivity index (χ1n) is 14.0. The Morgan fingerprint density at radius 3 is 2.68 bits per heavy atom. The average Bonchev–Trinajstić information content (AvgIpc) is 3.10. The Hall–Kier alpha value is -1.41. The zero-order chi connectivity index (χ0) is 24.7. The van der Waals surface area contributed by atoms with Crippen molar-refractivity contribution in [3.05, 3.63) is 11.6 Å². The molecule has 8 atom stereocenters. The van der Waals surface area contributed by atoms with Gasteiger partial charge in [0.2, 0.25) is 6.08 Å². The van der Waals surface area contributed by atoms with Gasteiger partial charge in [-0.25, -0.2) is 4.79 Å². The zero-order valence-corrected chi connectivity index (χ0v) is 22.5. The predicted molar refractivity (Wildman–Crippen MR) is 136 cm³/mol. The zero-order valence-electron chi connectivity index (χ0n) is 22.5. The van der Waals surface area contributed by atoms with Crippen molar-refractivity contribution < 1.29 is 14.3 Å².